The smallest absolute Gasteiger partial charge is 0.174 e. The monoisotopic (exact) mass is 211 g/mol. The Kier molecular flexibility index (Phi) is 3.15. The Morgan fingerprint density at radius 2 is 2.00 bits per heavy atom. The van der Waals surface area contributed by atoms with Gasteiger partial charge in [0, 0.05) is 6.92 Å². The van der Waals surface area contributed by atoms with Crippen molar-refractivity contribution in [1.29, 1.82) is 0 Å². The maximum atomic E-state index is 10.2. The maximum Gasteiger partial charge on any atom is 0.174 e. The summed E-state index contributed by atoms with van der Waals surface area (Å²) >= 11 is 1.80. The molecular weight excluding hydrogens is 205 g/mol. The third-order valence-corrected chi connectivity index (χ3v) is 1.36. The number of rotatable bonds is 1. The molecular formula is C4H6INO. The van der Waals surface area contributed by atoms with Gasteiger partial charge in [-0.2, -0.15) is 0 Å². The molecule has 0 unspecified atom stereocenters. The molecule has 0 aromatic rings. The first kappa shape index (κ1) is 7.07. The summed E-state index contributed by atoms with van der Waals surface area (Å²) in [7, 11) is 0. The molecule has 0 amide bonds. The minimum absolute atomic E-state index is 0.0365. The molecule has 0 aliphatic heterocycles. The van der Waals surface area contributed by atoms with Gasteiger partial charge < -0.3 is 0 Å². The van der Waals surface area contributed by atoms with Crippen LogP contribution in [0.1, 0.15) is 13.8 Å². The molecule has 0 atom stereocenters. The summed E-state index contributed by atoms with van der Waals surface area (Å²) in [6, 6.07) is 0. The molecule has 0 bridgehead atoms. The third kappa shape index (κ3) is 2.73. The van der Waals surface area contributed by atoms with Crippen LogP contribution >= 0.6 is 22.9 Å². The van der Waals surface area contributed by atoms with Crippen LogP contribution in [0.25, 0.3) is 0 Å². The highest BCUT2D eigenvalue weighted by molar-refractivity contribution is 14.1. The van der Waals surface area contributed by atoms with E-state index in [1.807, 2.05) is 0 Å². The van der Waals surface area contributed by atoms with E-state index in [1.165, 1.54) is 6.92 Å². The van der Waals surface area contributed by atoms with E-state index >= 15 is 0 Å². The molecule has 2 nitrogen and oxygen atoms in total. The number of halogens is 1. The Morgan fingerprint density at radius 1 is 1.57 bits per heavy atom. The number of carbonyl (C=O) groups excluding carboxylic acids is 1. The maximum absolute atomic E-state index is 10.2. The lowest BCUT2D eigenvalue weighted by Crippen LogP contribution is -2.01. The molecule has 40 valence electrons. The molecule has 0 aromatic heterocycles. The highest BCUT2D eigenvalue weighted by atomic mass is 127. The zero-order valence-corrected chi connectivity index (χ0v) is 6.39. The first-order valence-corrected chi connectivity index (χ1v) is 2.81. The largest absolute Gasteiger partial charge is 0.293 e. The van der Waals surface area contributed by atoms with Gasteiger partial charge >= 0.3 is 0 Å². The second-order valence-electron chi connectivity index (χ2n) is 1.23. The van der Waals surface area contributed by atoms with Gasteiger partial charge in [0.25, 0.3) is 0 Å². The van der Waals surface area contributed by atoms with Gasteiger partial charge in [-0.1, -0.05) is 0 Å². The van der Waals surface area contributed by atoms with Crippen molar-refractivity contribution in [1.82, 2.24) is 0 Å². The predicted molar refractivity (Wildman–Crippen MR) is 37.8 cm³/mol. The Bertz CT molecular complexity index is 108. The van der Waals surface area contributed by atoms with E-state index in [-0.39, 0.29) is 5.78 Å². The molecule has 0 rings (SSSR count). The molecule has 0 saturated carbocycles. The van der Waals surface area contributed by atoms with Gasteiger partial charge in [-0.3, -0.25) is 4.79 Å². The fourth-order valence-corrected chi connectivity index (χ4v) is 0.399. The van der Waals surface area contributed by atoms with Crippen LogP contribution in [0.4, 0.5) is 0 Å². The van der Waals surface area contributed by atoms with E-state index in [1.54, 1.807) is 29.8 Å². The van der Waals surface area contributed by atoms with Gasteiger partial charge in [0.1, 0.15) is 0 Å². The van der Waals surface area contributed by atoms with E-state index in [0.29, 0.717) is 5.71 Å². The van der Waals surface area contributed by atoms with Crippen molar-refractivity contribution in [3.63, 3.8) is 0 Å². The Hall–Kier alpha value is 0.0700. The number of carbonyl (C=O) groups is 1. The summed E-state index contributed by atoms with van der Waals surface area (Å²) < 4.78 is 3.63. The van der Waals surface area contributed by atoms with Gasteiger partial charge in [0.05, 0.1) is 28.6 Å². The predicted octanol–water partition coefficient (Wildman–Crippen LogP) is 1.39. The second-order valence-corrected chi connectivity index (χ2v) is 1.71. The minimum Gasteiger partial charge on any atom is -0.293 e. The lowest BCUT2D eigenvalue weighted by atomic mass is 10.3. The standard InChI is InChI=1S/C4H6INO/c1-3(6-5)4(2)7/h1-2H3/b6-3+. The second kappa shape index (κ2) is 3.12. The van der Waals surface area contributed by atoms with Crippen LogP contribution in [0.2, 0.25) is 0 Å². The highest BCUT2D eigenvalue weighted by Gasteiger charge is 1.92. The molecule has 0 aromatic carbocycles. The van der Waals surface area contributed by atoms with Crippen LogP contribution in [0.15, 0.2) is 3.21 Å². The number of ketones is 1. The Morgan fingerprint density at radius 3 is 2.00 bits per heavy atom. The highest BCUT2D eigenvalue weighted by Crippen LogP contribution is 1.86. The summed E-state index contributed by atoms with van der Waals surface area (Å²) in [6.45, 7) is 3.19. The van der Waals surface area contributed by atoms with Gasteiger partial charge in [-0.15, -0.1) is 0 Å². The van der Waals surface area contributed by atoms with E-state index in [9.17, 15) is 4.79 Å². The third-order valence-electron chi connectivity index (χ3n) is 0.636. The van der Waals surface area contributed by atoms with Gasteiger partial charge in [-0.05, 0) is 6.92 Å². The average molecular weight is 211 g/mol. The van der Waals surface area contributed by atoms with Crippen LogP contribution < -0.4 is 0 Å². The summed E-state index contributed by atoms with van der Waals surface area (Å²) in [5.74, 6) is 0.0365. The van der Waals surface area contributed by atoms with Crippen molar-refractivity contribution in [2.75, 3.05) is 0 Å². The molecule has 0 aliphatic rings. The first-order chi connectivity index (χ1) is 3.18. The van der Waals surface area contributed by atoms with E-state index < -0.39 is 0 Å². The van der Waals surface area contributed by atoms with Crippen molar-refractivity contribution in [3.8, 4) is 0 Å². The number of hydrogen-bond donors (Lipinski definition) is 0. The summed E-state index contributed by atoms with van der Waals surface area (Å²) in [6.07, 6.45) is 0. The van der Waals surface area contributed by atoms with Crippen LogP contribution in [-0.4, -0.2) is 11.5 Å². The fourth-order valence-electron chi connectivity index (χ4n) is 0.0595. The van der Waals surface area contributed by atoms with Crippen molar-refractivity contribution < 1.29 is 4.79 Å². The molecule has 3 heteroatoms. The van der Waals surface area contributed by atoms with Crippen LogP contribution in [0, 0.1) is 0 Å². The Labute approximate surface area is 56.5 Å². The molecule has 0 saturated heterocycles. The van der Waals surface area contributed by atoms with Gasteiger partial charge in [0.2, 0.25) is 0 Å². The molecule has 0 spiro atoms. The van der Waals surface area contributed by atoms with Crippen molar-refractivity contribution in [2.45, 2.75) is 13.8 Å². The zero-order valence-electron chi connectivity index (χ0n) is 4.23. The lowest BCUT2D eigenvalue weighted by Gasteiger charge is -1.82. The molecule has 0 N–H and O–H groups in total. The number of nitrogens with zero attached hydrogens (tertiary/aromatic N) is 1. The topological polar surface area (TPSA) is 29.4 Å². The average Bonchev–Trinajstić information content (AvgIpc) is 1.65. The molecule has 0 heterocycles. The molecule has 0 fully saturated rings. The first-order valence-electron chi connectivity index (χ1n) is 1.85. The summed E-state index contributed by atoms with van der Waals surface area (Å²) in [4.78, 5) is 10.2. The SMILES string of the molecule is CC(=O)/C(C)=N/I. The Balaban J connectivity index is 3.82. The van der Waals surface area contributed by atoms with E-state index in [0.717, 1.165) is 0 Å². The number of Topliss-reactive ketones (excluding diaryl/α,β-unsaturated/α-hetero) is 1. The van der Waals surface area contributed by atoms with Crippen LogP contribution in [0.5, 0.6) is 0 Å². The van der Waals surface area contributed by atoms with Crippen molar-refractivity contribution in [3.05, 3.63) is 0 Å². The zero-order chi connectivity index (χ0) is 5.86. The van der Waals surface area contributed by atoms with E-state index in [4.69, 9.17) is 0 Å². The normalized spacial score (nSPS) is 11.6. The quantitative estimate of drug-likeness (QED) is 0.476. The van der Waals surface area contributed by atoms with Gasteiger partial charge in [0.15, 0.2) is 5.78 Å². The molecule has 7 heavy (non-hydrogen) atoms. The van der Waals surface area contributed by atoms with E-state index in [2.05, 4.69) is 3.21 Å². The molecule has 0 aliphatic carbocycles. The minimum atomic E-state index is 0.0365. The van der Waals surface area contributed by atoms with Crippen molar-refractivity contribution in [2.24, 2.45) is 3.21 Å². The lowest BCUT2D eigenvalue weighted by molar-refractivity contribution is -0.111. The number of hydrogen-bond acceptors (Lipinski definition) is 2. The van der Waals surface area contributed by atoms with Gasteiger partial charge in [-0.25, -0.2) is 3.21 Å². The van der Waals surface area contributed by atoms with Crippen LogP contribution in [0.3, 0.4) is 0 Å². The molecule has 0 radical (unpaired) electrons. The fraction of sp³-hybridized carbons (Fsp3) is 0.500. The summed E-state index contributed by atoms with van der Waals surface area (Å²) in [5, 5.41) is 0. The van der Waals surface area contributed by atoms with Crippen molar-refractivity contribution >= 4 is 34.4 Å². The summed E-state index contributed by atoms with van der Waals surface area (Å²) in [5.41, 5.74) is 0.570. The van der Waals surface area contributed by atoms with Crippen LogP contribution in [-0.2, 0) is 4.79 Å².